The van der Waals surface area contributed by atoms with E-state index in [1.54, 1.807) is 0 Å². The highest BCUT2D eigenvalue weighted by Crippen LogP contribution is 2.13. The quantitative estimate of drug-likeness (QED) is 0.0702. The van der Waals surface area contributed by atoms with E-state index in [-0.39, 0.29) is 18.7 Å². The third kappa shape index (κ3) is 34.1. The fourth-order valence-corrected chi connectivity index (χ4v) is 4.19. The zero-order valence-corrected chi connectivity index (χ0v) is 26.5. The zero-order valence-electron chi connectivity index (χ0n) is 25.7. The van der Waals surface area contributed by atoms with Crippen molar-refractivity contribution in [1.29, 1.82) is 0 Å². The molecule has 1 unspecified atom stereocenters. The van der Waals surface area contributed by atoms with Gasteiger partial charge in [0.25, 0.3) is 0 Å². The molecular formula is C31H66ClNO4. The van der Waals surface area contributed by atoms with Gasteiger partial charge in [0.2, 0.25) is 0 Å². The van der Waals surface area contributed by atoms with Crippen LogP contribution in [0.1, 0.15) is 129 Å². The van der Waals surface area contributed by atoms with E-state index in [0.29, 0.717) is 19.8 Å². The Labute approximate surface area is 238 Å². The molecule has 0 amide bonds. The summed E-state index contributed by atoms with van der Waals surface area (Å²) in [4.78, 5) is 0. The Morgan fingerprint density at radius 1 is 0.459 bits per heavy atom. The second-order valence-corrected chi connectivity index (χ2v) is 11.5. The maximum absolute atomic E-state index is 5.83. The van der Waals surface area contributed by atoms with Gasteiger partial charge in [-0.1, -0.05) is 110 Å². The van der Waals surface area contributed by atoms with Crippen molar-refractivity contribution in [3.05, 3.63) is 0 Å². The summed E-state index contributed by atoms with van der Waals surface area (Å²) in [5.74, 6) is 0. The van der Waals surface area contributed by atoms with Gasteiger partial charge in [-0.2, -0.15) is 0 Å². The first-order valence-corrected chi connectivity index (χ1v) is 15.7. The average Bonchev–Trinajstić information content (AvgIpc) is 2.85. The van der Waals surface area contributed by atoms with Gasteiger partial charge in [-0.05, 0) is 19.3 Å². The number of nitrogens with zero attached hydrogens (tertiary/aromatic N) is 1. The van der Waals surface area contributed by atoms with Crippen LogP contribution >= 0.6 is 0 Å². The summed E-state index contributed by atoms with van der Waals surface area (Å²) in [5, 5.41) is 0. The maximum Gasteiger partial charge on any atom is 0.157 e. The maximum atomic E-state index is 5.83. The lowest BCUT2D eigenvalue weighted by atomic mass is 10.0. The van der Waals surface area contributed by atoms with Gasteiger partial charge < -0.3 is 35.8 Å². The van der Waals surface area contributed by atoms with E-state index in [1.165, 1.54) is 103 Å². The molecule has 0 radical (unpaired) electrons. The van der Waals surface area contributed by atoms with Gasteiger partial charge in [-0.15, -0.1) is 0 Å². The third-order valence-electron chi connectivity index (χ3n) is 6.65. The molecule has 0 rings (SSSR count). The van der Waals surface area contributed by atoms with E-state index >= 15 is 0 Å². The lowest BCUT2D eigenvalue weighted by molar-refractivity contribution is -0.870. The molecule has 5 nitrogen and oxygen atoms in total. The summed E-state index contributed by atoms with van der Waals surface area (Å²) in [6.45, 7) is 9.74. The molecule has 0 aliphatic carbocycles. The molecule has 0 saturated heterocycles. The van der Waals surface area contributed by atoms with Crippen molar-refractivity contribution in [2.75, 3.05) is 67.3 Å². The van der Waals surface area contributed by atoms with Crippen LogP contribution in [0.5, 0.6) is 0 Å². The molecule has 0 N–H and O–H groups in total. The highest BCUT2D eigenvalue weighted by Gasteiger charge is 2.08. The van der Waals surface area contributed by atoms with Crippen molar-refractivity contribution in [1.82, 2.24) is 0 Å². The normalized spacial score (nSPS) is 12.6. The van der Waals surface area contributed by atoms with E-state index in [0.717, 1.165) is 43.7 Å². The van der Waals surface area contributed by atoms with E-state index in [2.05, 4.69) is 35.0 Å². The average molecular weight is 552 g/mol. The van der Waals surface area contributed by atoms with E-state index in [4.69, 9.17) is 18.9 Å². The topological polar surface area (TPSA) is 36.9 Å². The van der Waals surface area contributed by atoms with Gasteiger partial charge >= 0.3 is 0 Å². The predicted octanol–water partition coefficient (Wildman–Crippen LogP) is 5.15. The first-order chi connectivity index (χ1) is 17.5. The van der Waals surface area contributed by atoms with Crippen LogP contribution in [0, 0.1) is 0 Å². The smallest absolute Gasteiger partial charge is 0.157 e. The summed E-state index contributed by atoms with van der Waals surface area (Å²) in [7, 11) is 6.52. The van der Waals surface area contributed by atoms with E-state index in [9.17, 15) is 0 Å². The molecule has 0 bridgehead atoms. The minimum absolute atomic E-state index is 0. The number of likely N-dealkylation sites (N-methyl/N-ethyl adjacent to an activating group) is 1. The number of ether oxygens (including phenoxy) is 4. The Kier molecular flexibility index (Phi) is 32.5. The monoisotopic (exact) mass is 551 g/mol. The van der Waals surface area contributed by atoms with E-state index in [1.807, 2.05) is 0 Å². The Hall–Kier alpha value is 0.0900. The zero-order chi connectivity index (χ0) is 26.6. The largest absolute Gasteiger partial charge is 1.00 e. The van der Waals surface area contributed by atoms with E-state index < -0.39 is 0 Å². The summed E-state index contributed by atoms with van der Waals surface area (Å²) in [6, 6.07) is 0. The highest BCUT2D eigenvalue weighted by molar-refractivity contribution is 4.50. The molecule has 37 heavy (non-hydrogen) atoms. The molecule has 6 heteroatoms. The molecular weight excluding hydrogens is 486 g/mol. The minimum Gasteiger partial charge on any atom is -1.00 e. The van der Waals surface area contributed by atoms with Crippen LogP contribution < -0.4 is 12.4 Å². The van der Waals surface area contributed by atoms with Crippen molar-refractivity contribution in [2.45, 2.75) is 136 Å². The summed E-state index contributed by atoms with van der Waals surface area (Å²) < 4.78 is 23.9. The number of quaternary nitrogens is 1. The molecule has 0 aliphatic rings. The first-order valence-electron chi connectivity index (χ1n) is 15.7. The van der Waals surface area contributed by atoms with Gasteiger partial charge in [0.05, 0.1) is 47.6 Å². The fourth-order valence-electron chi connectivity index (χ4n) is 4.19. The molecule has 0 fully saturated rings. The van der Waals surface area contributed by atoms with Crippen LogP contribution in [0.25, 0.3) is 0 Å². The van der Waals surface area contributed by atoms with Gasteiger partial charge in [0.15, 0.2) is 6.29 Å². The van der Waals surface area contributed by atoms with Crippen LogP contribution in [-0.4, -0.2) is 78.1 Å². The molecule has 0 aromatic heterocycles. The summed E-state index contributed by atoms with van der Waals surface area (Å²) in [6.07, 6.45) is 24.1. The van der Waals surface area contributed by atoms with Crippen LogP contribution in [0.4, 0.5) is 0 Å². The van der Waals surface area contributed by atoms with Crippen molar-refractivity contribution in [3.63, 3.8) is 0 Å². The number of hydrogen-bond donors (Lipinski definition) is 0. The Bertz CT molecular complexity index is 421. The van der Waals surface area contributed by atoms with Crippen LogP contribution in [0.3, 0.4) is 0 Å². The minimum atomic E-state index is -0.132. The van der Waals surface area contributed by atoms with Crippen molar-refractivity contribution in [3.8, 4) is 0 Å². The Balaban J connectivity index is 0. The van der Waals surface area contributed by atoms with Crippen LogP contribution in [0.2, 0.25) is 0 Å². The van der Waals surface area contributed by atoms with Crippen molar-refractivity contribution < 1.29 is 35.8 Å². The standard InChI is InChI=1S/C31H66NO4.ClH/c1-6-8-9-10-11-12-13-14-15-16-17-18-19-20-21-22-25-33-26-23-27-35-31(7-2)36-30-29-34-28-24-32(3,4)5;/h31H,6-30H2,1-5H3;1H/q+1;/p-1. The molecule has 226 valence electrons. The fraction of sp³-hybridized carbons (Fsp3) is 1.00. The first kappa shape index (κ1) is 39.2. The summed E-state index contributed by atoms with van der Waals surface area (Å²) in [5.41, 5.74) is 0. The molecule has 0 aromatic carbocycles. The number of unbranched alkanes of at least 4 members (excludes halogenated alkanes) is 15. The second-order valence-electron chi connectivity index (χ2n) is 11.5. The molecule has 0 heterocycles. The van der Waals surface area contributed by atoms with Crippen molar-refractivity contribution in [2.24, 2.45) is 0 Å². The van der Waals surface area contributed by atoms with Gasteiger partial charge in [-0.25, -0.2) is 0 Å². The van der Waals surface area contributed by atoms with Crippen LogP contribution in [0.15, 0.2) is 0 Å². The highest BCUT2D eigenvalue weighted by atomic mass is 35.5. The third-order valence-corrected chi connectivity index (χ3v) is 6.65. The molecule has 0 spiro atoms. The predicted molar refractivity (Wildman–Crippen MR) is 155 cm³/mol. The SMILES string of the molecule is CCCCCCCCCCCCCCCCCCOCCCOC(CC)OCCOCC[N+](C)(C)C.[Cl-]. The van der Waals surface area contributed by atoms with Gasteiger partial charge in [-0.3, -0.25) is 0 Å². The molecule has 0 aliphatic heterocycles. The van der Waals surface area contributed by atoms with Crippen LogP contribution in [-0.2, 0) is 18.9 Å². The number of hydrogen-bond acceptors (Lipinski definition) is 4. The van der Waals surface area contributed by atoms with Crippen molar-refractivity contribution >= 4 is 0 Å². The number of halogens is 1. The lowest BCUT2D eigenvalue weighted by Gasteiger charge is -2.23. The Morgan fingerprint density at radius 3 is 1.38 bits per heavy atom. The molecule has 1 atom stereocenters. The lowest BCUT2D eigenvalue weighted by Crippen LogP contribution is -3.00. The number of rotatable bonds is 30. The van der Waals surface area contributed by atoms with Gasteiger partial charge in [0, 0.05) is 13.2 Å². The summed E-state index contributed by atoms with van der Waals surface area (Å²) >= 11 is 0. The second kappa shape index (κ2) is 30.6. The van der Waals surface area contributed by atoms with Gasteiger partial charge in [0.1, 0.15) is 6.54 Å². The Morgan fingerprint density at radius 2 is 0.892 bits per heavy atom. The molecule has 0 saturated carbocycles. The molecule has 0 aromatic rings.